The summed E-state index contributed by atoms with van der Waals surface area (Å²) in [6.45, 7) is 6.61. The van der Waals surface area contributed by atoms with E-state index in [-0.39, 0.29) is 17.4 Å². The third kappa shape index (κ3) is 12.6. The van der Waals surface area contributed by atoms with Gasteiger partial charge in [0, 0.05) is 6.54 Å². The van der Waals surface area contributed by atoms with Gasteiger partial charge in [0.1, 0.15) is 0 Å². The highest BCUT2D eigenvalue weighted by atomic mass is 35.5. The minimum Gasteiger partial charge on any atom is -0.479 e. The Kier molecular flexibility index (Phi) is 15.7. The Labute approximate surface area is 210 Å². The fraction of sp³-hybridized carbons (Fsp3) is 0.640. The average molecular weight is 517 g/mol. The summed E-state index contributed by atoms with van der Waals surface area (Å²) in [5, 5.41) is 3.17. The van der Waals surface area contributed by atoms with E-state index in [2.05, 4.69) is 17.0 Å². The van der Waals surface area contributed by atoms with Crippen LogP contribution in [-0.4, -0.2) is 34.1 Å². The minimum atomic E-state index is -3.69. The summed E-state index contributed by atoms with van der Waals surface area (Å²) in [6.07, 6.45) is 13.1. The summed E-state index contributed by atoms with van der Waals surface area (Å²) in [6, 6.07) is 4.36. The van der Waals surface area contributed by atoms with Crippen molar-refractivity contribution in [2.45, 2.75) is 89.9 Å². The normalized spacial score (nSPS) is 11.9. The number of hydrogen-bond acceptors (Lipinski definition) is 6. The number of unbranched alkanes of at least 4 members (excludes halogenated alkanes) is 9. The number of carbonyl (C=O) groups excluding carboxylic acids is 1. The summed E-state index contributed by atoms with van der Waals surface area (Å²) >= 11 is 6.23. The molecule has 194 valence electrons. The number of rotatable bonds is 19. The molecule has 0 aromatic heterocycles. The minimum absolute atomic E-state index is 0.0819. The Bertz CT molecular complexity index is 859. The summed E-state index contributed by atoms with van der Waals surface area (Å²) in [4.78, 5) is 11.8. The topological polar surface area (TPSA) is 93.7 Å². The van der Waals surface area contributed by atoms with Gasteiger partial charge >= 0.3 is 5.97 Å². The molecule has 0 aliphatic carbocycles. The van der Waals surface area contributed by atoms with Crippen LogP contribution in [0.2, 0.25) is 5.02 Å². The second kappa shape index (κ2) is 17.6. The van der Waals surface area contributed by atoms with Crippen molar-refractivity contribution < 1.29 is 22.7 Å². The molecule has 9 heteroatoms. The van der Waals surface area contributed by atoms with E-state index in [9.17, 15) is 13.2 Å². The molecule has 7 nitrogen and oxygen atoms in total. The molecule has 0 heterocycles. The molecule has 0 atom stereocenters. The monoisotopic (exact) mass is 516 g/mol. The van der Waals surface area contributed by atoms with E-state index in [0.29, 0.717) is 23.9 Å². The lowest BCUT2D eigenvalue weighted by Gasteiger charge is -2.14. The summed E-state index contributed by atoms with van der Waals surface area (Å²) in [5.74, 6) is -0.452. The van der Waals surface area contributed by atoms with Crippen LogP contribution in [-0.2, 0) is 24.3 Å². The molecule has 0 amide bonds. The lowest BCUT2D eigenvalue weighted by molar-refractivity contribution is -0.137. The predicted octanol–water partition coefficient (Wildman–Crippen LogP) is 6.39. The Hall–Kier alpha value is -1.77. The molecule has 0 saturated carbocycles. The number of nitrogens with one attached hydrogen (secondary N) is 2. The van der Waals surface area contributed by atoms with Gasteiger partial charge in [0.25, 0.3) is 0 Å². The van der Waals surface area contributed by atoms with Crippen molar-refractivity contribution in [2.75, 3.05) is 25.1 Å². The zero-order valence-corrected chi connectivity index (χ0v) is 22.4. The quantitative estimate of drug-likeness (QED) is 0.0957. The molecule has 0 bridgehead atoms. The summed E-state index contributed by atoms with van der Waals surface area (Å²) in [7, 11) is -3.69. The second-order valence-corrected chi connectivity index (χ2v) is 10.2. The van der Waals surface area contributed by atoms with Crippen molar-refractivity contribution in [1.82, 2.24) is 4.72 Å². The van der Waals surface area contributed by atoms with Crippen molar-refractivity contribution in [2.24, 2.45) is 0 Å². The van der Waals surface area contributed by atoms with Gasteiger partial charge in [-0.2, -0.15) is 0 Å². The maximum atomic E-state index is 12.7. The van der Waals surface area contributed by atoms with Crippen molar-refractivity contribution in [3.8, 4) is 0 Å². The van der Waals surface area contributed by atoms with Gasteiger partial charge in [0.05, 0.1) is 34.9 Å². The van der Waals surface area contributed by atoms with Crippen LogP contribution in [0.25, 0.3) is 0 Å². The predicted molar refractivity (Wildman–Crippen MR) is 138 cm³/mol. The Balaban J connectivity index is 2.57. The van der Waals surface area contributed by atoms with Gasteiger partial charge in [0.2, 0.25) is 10.0 Å². The molecule has 0 fully saturated rings. The van der Waals surface area contributed by atoms with E-state index in [1.54, 1.807) is 13.8 Å². The summed E-state index contributed by atoms with van der Waals surface area (Å²) in [5.41, 5.74) is 0.312. The molecule has 1 rings (SSSR count). The SMILES string of the molecule is CCCCCCCCCCCCNS(=O)(=O)c1ccc(Cl)c(N/C(=C/C(=O)OCC)OCC)c1. The van der Waals surface area contributed by atoms with Crippen LogP contribution in [0.15, 0.2) is 35.1 Å². The molecule has 34 heavy (non-hydrogen) atoms. The van der Waals surface area contributed by atoms with Crippen LogP contribution in [0.1, 0.15) is 85.0 Å². The first-order valence-electron chi connectivity index (χ1n) is 12.4. The largest absolute Gasteiger partial charge is 0.479 e. The molecule has 1 aromatic rings. The van der Waals surface area contributed by atoms with Gasteiger partial charge in [-0.3, -0.25) is 0 Å². The smallest absolute Gasteiger partial charge is 0.336 e. The van der Waals surface area contributed by atoms with Gasteiger partial charge in [-0.15, -0.1) is 0 Å². The molecule has 2 N–H and O–H groups in total. The van der Waals surface area contributed by atoms with Crippen molar-refractivity contribution >= 4 is 33.3 Å². The van der Waals surface area contributed by atoms with Gasteiger partial charge in [-0.25, -0.2) is 17.9 Å². The first-order chi connectivity index (χ1) is 16.3. The Morgan fingerprint density at radius 1 is 0.912 bits per heavy atom. The third-order valence-electron chi connectivity index (χ3n) is 5.16. The third-order valence-corrected chi connectivity index (χ3v) is 6.95. The van der Waals surface area contributed by atoms with Crippen LogP contribution in [0.3, 0.4) is 0 Å². The highest BCUT2D eigenvalue weighted by molar-refractivity contribution is 7.89. The molecule has 0 spiro atoms. The van der Waals surface area contributed by atoms with Gasteiger partial charge < -0.3 is 14.8 Å². The van der Waals surface area contributed by atoms with Gasteiger partial charge in [-0.1, -0.05) is 76.3 Å². The van der Waals surface area contributed by atoms with Crippen molar-refractivity contribution in [3.05, 3.63) is 35.2 Å². The second-order valence-electron chi connectivity index (χ2n) is 8.04. The molecule has 0 unspecified atom stereocenters. The molecule has 0 aliphatic rings. The number of sulfonamides is 1. The van der Waals surface area contributed by atoms with Crippen LogP contribution in [0, 0.1) is 0 Å². The van der Waals surface area contributed by atoms with E-state index in [4.69, 9.17) is 21.1 Å². The Morgan fingerprint density at radius 3 is 2.09 bits per heavy atom. The highest BCUT2D eigenvalue weighted by Gasteiger charge is 2.16. The number of carbonyl (C=O) groups is 1. The maximum absolute atomic E-state index is 12.7. The number of esters is 1. The molecule has 0 saturated heterocycles. The molecular weight excluding hydrogens is 476 g/mol. The summed E-state index contributed by atoms with van der Waals surface area (Å²) < 4.78 is 38.4. The highest BCUT2D eigenvalue weighted by Crippen LogP contribution is 2.27. The molecule has 1 aromatic carbocycles. The fourth-order valence-corrected chi connectivity index (χ4v) is 4.63. The van der Waals surface area contributed by atoms with E-state index in [1.165, 1.54) is 63.1 Å². The first-order valence-corrected chi connectivity index (χ1v) is 14.3. The van der Waals surface area contributed by atoms with E-state index >= 15 is 0 Å². The lowest BCUT2D eigenvalue weighted by atomic mass is 10.1. The van der Waals surface area contributed by atoms with Crippen LogP contribution in [0.5, 0.6) is 0 Å². The zero-order valence-electron chi connectivity index (χ0n) is 20.8. The number of hydrogen-bond donors (Lipinski definition) is 2. The molecule has 0 aliphatic heterocycles. The first kappa shape index (κ1) is 30.3. The number of anilines is 1. The number of ether oxygens (including phenoxy) is 2. The van der Waals surface area contributed by atoms with E-state index in [1.807, 2.05) is 0 Å². The Morgan fingerprint density at radius 2 is 1.50 bits per heavy atom. The van der Waals surface area contributed by atoms with Crippen molar-refractivity contribution in [1.29, 1.82) is 0 Å². The standard InChI is InChI=1S/C25H41ClN2O5S/c1-4-7-8-9-10-11-12-13-14-15-18-27-34(30,31)21-16-17-22(26)23(19-21)28-24(32-5-2)20-25(29)33-6-3/h16-17,19-20,27-28H,4-15,18H2,1-3H3/b24-20-. The maximum Gasteiger partial charge on any atom is 0.336 e. The van der Waals surface area contributed by atoms with Gasteiger partial charge in [-0.05, 0) is 38.5 Å². The zero-order chi connectivity index (χ0) is 25.2. The van der Waals surface area contributed by atoms with E-state index < -0.39 is 16.0 Å². The van der Waals surface area contributed by atoms with Crippen LogP contribution in [0.4, 0.5) is 5.69 Å². The van der Waals surface area contributed by atoms with Crippen LogP contribution < -0.4 is 10.0 Å². The molecular formula is C25H41ClN2O5S. The molecule has 0 radical (unpaired) electrons. The number of benzene rings is 1. The van der Waals surface area contributed by atoms with E-state index in [0.717, 1.165) is 25.3 Å². The fourth-order valence-electron chi connectivity index (χ4n) is 3.36. The lowest BCUT2D eigenvalue weighted by Crippen LogP contribution is -2.25. The van der Waals surface area contributed by atoms with Gasteiger partial charge in [0.15, 0.2) is 5.88 Å². The number of halogens is 1. The average Bonchev–Trinajstić information content (AvgIpc) is 2.79. The van der Waals surface area contributed by atoms with Crippen LogP contribution >= 0.6 is 11.6 Å². The van der Waals surface area contributed by atoms with Crippen molar-refractivity contribution in [3.63, 3.8) is 0 Å².